The fourth-order valence-electron chi connectivity index (χ4n) is 2.26. The van der Waals surface area contributed by atoms with Crippen molar-refractivity contribution in [3.63, 3.8) is 0 Å². The Kier molecular flexibility index (Phi) is 4.68. The normalized spacial score (nSPS) is 11.0. The van der Waals surface area contributed by atoms with Crippen molar-refractivity contribution in [1.29, 1.82) is 0 Å². The maximum Gasteiger partial charge on any atom is 0.249 e. The number of anilines is 1. The van der Waals surface area contributed by atoms with Crippen LogP contribution in [-0.2, 0) is 11.3 Å². The quantitative estimate of drug-likeness (QED) is 0.723. The second-order valence-electron chi connectivity index (χ2n) is 5.24. The van der Waals surface area contributed by atoms with Crippen molar-refractivity contribution >= 4 is 29.1 Å². The lowest BCUT2D eigenvalue weighted by Gasteiger charge is -2.08. The first kappa shape index (κ1) is 15.2. The van der Waals surface area contributed by atoms with Gasteiger partial charge < -0.3 is 5.32 Å². The highest BCUT2D eigenvalue weighted by Gasteiger charge is 2.06. The Balaban J connectivity index is 1.67. The molecule has 0 saturated heterocycles. The van der Waals surface area contributed by atoms with Crippen LogP contribution in [0, 0.1) is 6.92 Å². The smallest absolute Gasteiger partial charge is 0.249 e. The van der Waals surface area contributed by atoms with Gasteiger partial charge in [0.25, 0.3) is 0 Å². The zero-order valence-corrected chi connectivity index (χ0v) is 13.6. The third kappa shape index (κ3) is 4.17. The first-order chi connectivity index (χ1) is 11.2. The van der Waals surface area contributed by atoms with Crippen LogP contribution in [0.15, 0.2) is 59.4 Å². The highest BCUT2D eigenvalue weighted by molar-refractivity contribution is 7.08. The van der Waals surface area contributed by atoms with Crippen molar-refractivity contribution in [2.45, 2.75) is 13.5 Å². The van der Waals surface area contributed by atoms with Gasteiger partial charge in [0.2, 0.25) is 5.91 Å². The third-order valence-electron chi connectivity index (χ3n) is 3.35. The van der Waals surface area contributed by atoms with Crippen molar-refractivity contribution in [2.24, 2.45) is 0 Å². The minimum Gasteiger partial charge on any atom is -0.307 e. The summed E-state index contributed by atoms with van der Waals surface area (Å²) >= 11 is 1.60. The van der Waals surface area contributed by atoms with Gasteiger partial charge in [0, 0.05) is 12.1 Å². The van der Waals surface area contributed by atoms with Crippen LogP contribution in [-0.4, -0.2) is 15.7 Å². The number of hydrogen-bond donors (Lipinski definition) is 1. The maximum atomic E-state index is 12.0. The van der Waals surface area contributed by atoms with Gasteiger partial charge in [-0.3, -0.25) is 4.79 Å². The number of thiophene rings is 1. The Bertz CT molecular complexity index is 818. The summed E-state index contributed by atoms with van der Waals surface area (Å²) in [6, 6.07) is 12.0. The summed E-state index contributed by atoms with van der Waals surface area (Å²) in [4.78, 5) is 12.0. The number of hydrogen-bond acceptors (Lipinski definition) is 3. The van der Waals surface area contributed by atoms with E-state index in [1.165, 1.54) is 11.6 Å². The molecular weight excluding hydrogens is 306 g/mol. The SMILES string of the molecule is Cc1cccc(Cn2nccc2NC(=O)/C=C/c2ccsc2)c1. The molecule has 3 aromatic rings. The first-order valence-electron chi connectivity index (χ1n) is 7.29. The van der Waals surface area contributed by atoms with Crippen molar-refractivity contribution in [3.8, 4) is 0 Å². The summed E-state index contributed by atoms with van der Waals surface area (Å²) in [7, 11) is 0. The Morgan fingerprint density at radius 1 is 1.35 bits per heavy atom. The monoisotopic (exact) mass is 323 g/mol. The van der Waals surface area contributed by atoms with E-state index >= 15 is 0 Å². The number of nitrogens with zero attached hydrogens (tertiary/aromatic N) is 2. The molecule has 5 heteroatoms. The van der Waals surface area contributed by atoms with Crippen LogP contribution in [0.5, 0.6) is 0 Å². The van der Waals surface area contributed by atoms with Crippen LogP contribution in [0.4, 0.5) is 5.82 Å². The van der Waals surface area contributed by atoms with Gasteiger partial charge in [-0.2, -0.15) is 16.4 Å². The fourth-order valence-corrected chi connectivity index (χ4v) is 2.89. The molecule has 2 aromatic heterocycles. The molecule has 0 aliphatic carbocycles. The van der Waals surface area contributed by atoms with Crippen molar-refractivity contribution in [1.82, 2.24) is 9.78 Å². The fraction of sp³-hybridized carbons (Fsp3) is 0.111. The number of aryl methyl sites for hydroxylation is 1. The van der Waals surface area contributed by atoms with E-state index in [9.17, 15) is 4.79 Å². The number of nitrogens with one attached hydrogen (secondary N) is 1. The molecule has 0 atom stereocenters. The zero-order chi connectivity index (χ0) is 16.1. The number of carbonyl (C=O) groups is 1. The Hall–Kier alpha value is -2.66. The molecule has 0 spiro atoms. The van der Waals surface area contributed by atoms with Crippen LogP contribution < -0.4 is 5.32 Å². The van der Waals surface area contributed by atoms with Crippen LogP contribution in [0.2, 0.25) is 0 Å². The highest BCUT2D eigenvalue weighted by Crippen LogP contribution is 2.12. The van der Waals surface area contributed by atoms with E-state index in [-0.39, 0.29) is 5.91 Å². The summed E-state index contributed by atoms with van der Waals surface area (Å²) in [6.07, 6.45) is 5.02. The topological polar surface area (TPSA) is 46.9 Å². The molecule has 0 unspecified atom stereocenters. The minimum absolute atomic E-state index is 0.165. The van der Waals surface area contributed by atoms with Crippen molar-refractivity contribution in [2.75, 3.05) is 5.32 Å². The lowest BCUT2D eigenvalue weighted by molar-refractivity contribution is -0.111. The second kappa shape index (κ2) is 7.07. The average Bonchev–Trinajstić information content (AvgIpc) is 3.18. The van der Waals surface area contributed by atoms with E-state index in [4.69, 9.17) is 0 Å². The summed E-state index contributed by atoms with van der Waals surface area (Å²) in [5.41, 5.74) is 3.38. The lowest BCUT2D eigenvalue weighted by atomic mass is 10.1. The van der Waals surface area contributed by atoms with Crippen molar-refractivity contribution in [3.05, 3.63) is 76.1 Å². The number of amides is 1. The standard InChI is InChI=1S/C18H17N3OS/c1-14-3-2-4-16(11-14)12-21-17(7-9-19-21)20-18(22)6-5-15-8-10-23-13-15/h2-11,13H,12H2,1H3,(H,20,22)/b6-5+. The van der Waals surface area contributed by atoms with Gasteiger partial charge in [-0.05, 0) is 41.0 Å². The van der Waals surface area contributed by atoms with Gasteiger partial charge in [0.05, 0.1) is 12.7 Å². The Labute approximate surface area is 139 Å². The van der Waals surface area contributed by atoms with E-state index in [1.807, 2.05) is 22.9 Å². The van der Waals surface area contributed by atoms with E-state index < -0.39 is 0 Å². The molecule has 0 saturated carbocycles. The molecule has 0 fully saturated rings. The second-order valence-corrected chi connectivity index (χ2v) is 6.02. The molecule has 0 bridgehead atoms. The number of aromatic nitrogens is 2. The van der Waals surface area contributed by atoms with Crippen LogP contribution >= 0.6 is 11.3 Å². The predicted octanol–water partition coefficient (Wildman–Crippen LogP) is 3.95. The zero-order valence-electron chi connectivity index (χ0n) is 12.8. The van der Waals surface area contributed by atoms with Crippen molar-refractivity contribution < 1.29 is 4.79 Å². The summed E-state index contributed by atoms with van der Waals surface area (Å²) < 4.78 is 1.78. The molecule has 1 N–H and O–H groups in total. The van der Waals surface area contributed by atoms with E-state index in [1.54, 1.807) is 34.4 Å². The number of carbonyl (C=O) groups excluding carboxylic acids is 1. The molecule has 0 radical (unpaired) electrons. The molecule has 2 heterocycles. The molecule has 1 aromatic carbocycles. The summed E-state index contributed by atoms with van der Waals surface area (Å²) in [6.45, 7) is 2.68. The third-order valence-corrected chi connectivity index (χ3v) is 4.05. The Morgan fingerprint density at radius 2 is 2.26 bits per heavy atom. The molecular formula is C18H17N3OS. The summed E-state index contributed by atoms with van der Waals surface area (Å²) in [5, 5.41) is 11.1. The number of rotatable bonds is 5. The van der Waals surface area contributed by atoms with E-state index in [0.717, 1.165) is 11.1 Å². The summed E-state index contributed by atoms with van der Waals surface area (Å²) in [5.74, 6) is 0.522. The van der Waals surface area contributed by atoms with Crippen LogP contribution in [0.25, 0.3) is 6.08 Å². The first-order valence-corrected chi connectivity index (χ1v) is 8.23. The average molecular weight is 323 g/mol. The molecule has 1 amide bonds. The molecule has 3 rings (SSSR count). The maximum absolute atomic E-state index is 12.0. The van der Waals surface area contributed by atoms with E-state index in [0.29, 0.717) is 12.4 Å². The van der Waals surface area contributed by atoms with Crippen LogP contribution in [0.1, 0.15) is 16.7 Å². The number of benzene rings is 1. The highest BCUT2D eigenvalue weighted by atomic mass is 32.1. The molecule has 116 valence electrons. The van der Waals surface area contributed by atoms with Gasteiger partial charge in [-0.25, -0.2) is 4.68 Å². The van der Waals surface area contributed by atoms with Gasteiger partial charge >= 0.3 is 0 Å². The molecule has 0 aliphatic heterocycles. The molecule has 4 nitrogen and oxygen atoms in total. The minimum atomic E-state index is -0.165. The van der Waals surface area contributed by atoms with Crippen LogP contribution in [0.3, 0.4) is 0 Å². The Morgan fingerprint density at radius 3 is 3.04 bits per heavy atom. The lowest BCUT2D eigenvalue weighted by Crippen LogP contribution is -2.13. The largest absolute Gasteiger partial charge is 0.307 e. The predicted molar refractivity (Wildman–Crippen MR) is 94.5 cm³/mol. The van der Waals surface area contributed by atoms with Gasteiger partial charge in [-0.1, -0.05) is 29.8 Å². The van der Waals surface area contributed by atoms with Gasteiger partial charge in [-0.15, -0.1) is 0 Å². The van der Waals surface area contributed by atoms with E-state index in [2.05, 4.69) is 35.5 Å². The van der Waals surface area contributed by atoms with Gasteiger partial charge in [0.1, 0.15) is 5.82 Å². The molecule has 0 aliphatic rings. The molecule has 23 heavy (non-hydrogen) atoms. The van der Waals surface area contributed by atoms with Gasteiger partial charge in [0.15, 0.2) is 0 Å².